The molecule has 98 valence electrons. The summed E-state index contributed by atoms with van der Waals surface area (Å²) in [5.74, 6) is 0. The van der Waals surface area contributed by atoms with Crippen molar-refractivity contribution in [3.63, 3.8) is 0 Å². The van der Waals surface area contributed by atoms with Crippen LogP contribution in [0.15, 0.2) is 24.3 Å². The van der Waals surface area contributed by atoms with Crippen LogP contribution in [0.25, 0.3) is 0 Å². The third-order valence-electron chi connectivity index (χ3n) is 3.28. The van der Waals surface area contributed by atoms with Gasteiger partial charge in [0, 0.05) is 18.8 Å². The summed E-state index contributed by atoms with van der Waals surface area (Å²) >= 11 is 0. The molecule has 18 heavy (non-hydrogen) atoms. The molecule has 1 aromatic rings. The van der Waals surface area contributed by atoms with Crippen LogP contribution in [-0.2, 0) is 0 Å². The number of rotatable bonds is 6. The Morgan fingerprint density at radius 3 is 2.61 bits per heavy atom. The minimum Gasteiger partial charge on any atom is -0.372 e. The second kappa shape index (κ2) is 6.44. The minimum absolute atomic E-state index is 0.202. The van der Waals surface area contributed by atoms with Crippen molar-refractivity contribution in [1.82, 2.24) is 0 Å². The Morgan fingerprint density at radius 2 is 2.06 bits per heavy atom. The molecule has 0 aliphatic heterocycles. The van der Waals surface area contributed by atoms with Crippen LogP contribution in [0.1, 0.15) is 39.2 Å². The SMILES string of the molecule is CCN(CCCC(C)(C)C#N)c1cccc(C)c1. The smallest absolute Gasteiger partial charge is 0.0683 e. The first-order chi connectivity index (χ1) is 8.48. The van der Waals surface area contributed by atoms with Crippen molar-refractivity contribution in [3.8, 4) is 6.07 Å². The molecule has 0 radical (unpaired) electrons. The van der Waals surface area contributed by atoms with Gasteiger partial charge in [-0.3, -0.25) is 0 Å². The Balaban J connectivity index is 2.56. The molecule has 1 aromatic carbocycles. The fourth-order valence-corrected chi connectivity index (χ4v) is 2.06. The van der Waals surface area contributed by atoms with Gasteiger partial charge in [0.2, 0.25) is 0 Å². The summed E-state index contributed by atoms with van der Waals surface area (Å²) in [6.07, 6.45) is 2.01. The van der Waals surface area contributed by atoms with Crippen LogP contribution in [0, 0.1) is 23.7 Å². The van der Waals surface area contributed by atoms with E-state index in [4.69, 9.17) is 5.26 Å². The largest absolute Gasteiger partial charge is 0.372 e. The second-order valence-electron chi connectivity index (χ2n) is 5.52. The molecule has 0 unspecified atom stereocenters. The average molecular weight is 244 g/mol. The van der Waals surface area contributed by atoms with Gasteiger partial charge < -0.3 is 4.90 Å². The van der Waals surface area contributed by atoms with Crippen molar-refractivity contribution in [2.75, 3.05) is 18.0 Å². The van der Waals surface area contributed by atoms with E-state index in [2.05, 4.69) is 49.1 Å². The maximum atomic E-state index is 9.01. The fraction of sp³-hybridized carbons (Fsp3) is 0.562. The third-order valence-corrected chi connectivity index (χ3v) is 3.28. The summed E-state index contributed by atoms with van der Waals surface area (Å²) in [7, 11) is 0. The molecule has 2 heteroatoms. The van der Waals surface area contributed by atoms with Gasteiger partial charge >= 0.3 is 0 Å². The van der Waals surface area contributed by atoms with Crippen LogP contribution in [0.3, 0.4) is 0 Å². The molecule has 0 fully saturated rings. The summed E-state index contributed by atoms with van der Waals surface area (Å²) in [6, 6.07) is 11.0. The van der Waals surface area contributed by atoms with Crippen LogP contribution in [0.5, 0.6) is 0 Å². The van der Waals surface area contributed by atoms with E-state index in [1.54, 1.807) is 0 Å². The second-order valence-corrected chi connectivity index (χ2v) is 5.52. The number of nitriles is 1. The van der Waals surface area contributed by atoms with Gasteiger partial charge in [0.25, 0.3) is 0 Å². The minimum atomic E-state index is -0.202. The Kier molecular flexibility index (Phi) is 5.22. The van der Waals surface area contributed by atoms with Crippen molar-refractivity contribution >= 4 is 5.69 Å². The van der Waals surface area contributed by atoms with Gasteiger partial charge in [-0.2, -0.15) is 5.26 Å². The number of hydrogen-bond acceptors (Lipinski definition) is 2. The molecule has 0 amide bonds. The van der Waals surface area contributed by atoms with Gasteiger partial charge in [-0.05, 0) is 58.2 Å². The van der Waals surface area contributed by atoms with Crippen LogP contribution in [0.2, 0.25) is 0 Å². The molecular weight excluding hydrogens is 220 g/mol. The Hall–Kier alpha value is -1.49. The molecule has 2 nitrogen and oxygen atoms in total. The standard InChI is InChI=1S/C16H24N2/c1-5-18(11-7-10-16(3,4)13-17)15-9-6-8-14(2)12-15/h6,8-9,12H,5,7,10-11H2,1-4H3. The Morgan fingerprint density at radius 1 is 1.33 bits per heavy atom. The van der Waals surface area contributed by atoms with Gasteiger partial charge in [0.05, 0.1) is 11.5 Å². The van der Waals surface area contributed by atoms with E-state index < -0.39 is 0 Å². The zero-order chi connectivity index (χ0) is 13.6. The highest BCUT2D eigenvalue weighted by Crippen LogP contribution is 2.22. The third kappa shape index (κ3) is 4.41. The highest BCUT2D eigenvalue weighted by molar-refractivity contribution is 5.48. The molecule has 0 saturated carbocycles. The van der Waals surface area contributed by atoms with E-state index in [0.29, 0.717) is 0 Å². The van der Waals surface area contributed by atoms with E-state index >= 15 is 0 Å². The van der Waals surface area contributed by atoms with Crippen molar-refractivity contribution in [1.29, 1.82) is 5.26 Å². The van der Waals surface area contributed by atoms with Crippen LogP contribution >= 0.6 is 0 Å². The monoisotopic (exact) mass is 244 g/mol. The lowest BCUT2D eigenvalue weighted by Crippen LogP contribution is -2.25. The highest BCUT2D eigenvalue weighted by Gasteiger charge is 2.16. The predicted octanol–water partition coefficient (Wildman–Crippen LogP) is 4.15. The van der Waals surface area contributed by atoms with Gasteiger partial charge in [-0.15, -0.1) is 0 Å². The van der Waals surface area contributed by atoms with E-state index in [-0.39, 0.29) is 5.41 Å². The van der Waals surface area contributed by atoms with Crippen molar-refractivity contribution in [2.24, 2.45) is 5.41 Å². The van der Waals surface area contributed by atoms with E-state index in [1.807, 2.05) is 13.8 Å². The Bertz CT molecular complexity index is 415. The molecule has 1 rings (SSSR count). The average Bonchev–Trinajstić information content (AvgIpc) is 2.34. The highest BCUT2D eigenvalue weighted by atomic mass is 15.1. The van der Waals surface area contributed by atoms with Crippen LogP contribution < -0.4 is 4.90 Å². The van der Waals surface area contributed by atoms with Gasteiger partial charge in [0.15, 0.2) is 0 Å². The molecule has 0 bridgehead atoms. The molecule has 0 heterocycles. The maximum Gasteiger partial charge on any atom is 0.0683 e. The molecule has 0 aliphatic rings. The van der Waals surface area contributed by atoms with Gasteiger partial charge in [0.1, 0.15) is 0 Å². The first kappa shape index (κ1) is 14.6. The summed E-state index contributed by atoms with van der Waals surface area (Å²) in [5.41, 5.74) is 2.38. The topological polar surface area (TPSA) is 27.0 Å². The van der Waals surface area contributed by atoms with Gasteiger partial charge in [-0.1, -0.05) is 12.1 Å². The van der Waals surface area contributed by atoms with Crippen molar-refractivity contribution in [3.05, 3.63) is 29.8 Å². The quantitative estimate of drug-likeness (QED) is 0.751. The summed E-state index contributed by atoms with van der Waals surface area (Å²) in [6.45, 7) is 10.3. The molecular formula is C16H24N2. The number of aryl methyl sites for hydroxylation is 1. The Labute approximate surface area is 111 Å². The van der Waals surface area contributed by atoms with Crippen molar-refractivity contribution < 1.29 is 0 Å². The summed E-state index contributed by atoms with van der Waals surface area (Å²) < 4.78 is 0. The van der Waals surface area contributed by atoms with Crippen LogP contribution in [-0.4, -0.2) is 13.1 Å². The molecule has 0 N–H and O–H groups in total. The zero-order valence-electron chi connectivity index (χ0n) is 12.0. The van der Waals surface area contributed by atoms with Crippen LogP contribution in [0.4, 0.5) is 5.69 Å². The zero-order valence-corrected chi connectivity index (χ0v) is 12.0. The number of benzene rings is 1. The van der Waals surface area contributed by atoms with E-state index in [1.165, 1.54) is 11.3 Å². The number of hydrogen-bond donors (Lipinski definition) is 0. The number of nitrogens with zero attached hydrogens (tertiary/aromatic N) is 2. The summed E-state index contributed by atoms with van der Waals surface area (Å²) in [4.78, 5) is 2.38. The summed E-state index contributed by atoms with van der Waals surface area (Å²) in [5, 5.41) is 9.01. The molecule has 0 aliphatic carbocycles. The molecule has 0 aromatic heterocycles. The van der Waals surface area contributed by atoms with E-state index in [9.17, 15) is 0 Å². The first-order valence-electron chi connectivity index (χ1n) is 6.71. The van der Waals surface area contributed by atoms with Gasteiger partial charge in [-0.25, -0.2) is 0 Å². The first-order valence-corrected chi connectivity index (χ1v) is 6.71. The van der Waals surface area contributed by atoms with Crippen molar-refractivity contribution in [2.45, 2.75) is 40.5 Å². The number of anilines is 1. The lowest BCUT2D eigenvalue weighted by atomic mass is 9.90. The fourth-order valence-electron chi connectivity index (χ4n) is 2.06. The lowest BCUT2D eigenvalue weighted by Gasteiger charge is -2.25. The maximum absolute atomic E-state index is 9.01. The molecule has 0 atom stereocenters. The molecule has 0 saturated heterocycles. The lowest BCUT2D eigenvalue weighted by molar-refractivity contribution is 0.435. The normalized spacial score (nSPS) is 11.1. The van der Waals surface area contributed by atoms with E-state index in [0.717, 1.165) is 25.9 Å². The molecule has 0 spiro atoms. The predicted molar refractivity (Wildman–Crippen MR) is 77.7 cm³/mol.